The predicted molar refractivity (Wildman–Crippen MR) is 89.6 cm³/mol. The van der Waals surface area contributed by atoms with E-state index in [1.165, 1.54) is 0 Å². The molecule has 1 aromatic heterocycles. The van der Waals surface area contributed by atoms with Crippen LogP contribution in [0.4, 0.5) is 29.5 Å². The van der Waals surface area contributed by atoms with Crippen molar-refractivity contribution in [3.63, 3.8) is 0 Å². The van der Waals surface area contributed by atoms with Gasteiger partial charge in [-0.1, -0.05) is 12.1 Å². The van der Waals surface area contributed by atoms with E-state index >= 15 is 0 Å². The number of pyridine rings is 1. The minimum atomic E-state index is -4.47. The predicted octanol–water partition coefficient (Wildman–Crippen LogP) is 4.40. The summed E-state index contributed by atoms with van der Waals surface area (Å²) >= 11 is 0. The number of hydrogen-bond acceptors (Lipinski definition) is 4. The van der Waals surface area contributed by atoms with Crippen molar-refractivity contribution in [3.8, 4) is 11.1 Å². The molecule has 25 heavy (non-hydrogen) atoms. The third-order valence-corrected chi connectivity index (χ3v) is 3.34. The van der Waals surface area contributed by atoms with Crippen molar-refractivity contribution in [3.05, 3.63) is 42.1 Å². The number of anilines is 2. The van der Waals surface area contributed by atoms with E-state index in [0.717, 1.165) is 12.3 Å². The first-order valence-electron chi connectivity index (χ1n) is 7.51. The second-order valence-electron chi connectivity index (χ2n) is 5.41. The molecule has 1 amide bonds. The zero-order valence-corrected chi connectivity index (χ0v) is 14.0. The molecule has 1 heterocycles. The maximum absolute atomic E-state index is 13.0. The van der Waals surface area contributed by atoms with Crippen molar-refractivity contribution in [2.45, 2.75) is 13.1 Å². The Hall–Kier alpha value is -2.77. The van der Waals surface area contributed by atoms with Crippen LogP contribution in [-0.4, -0.2) is 31.8 Å². The molecule has 0 unspecified atom stereocenters. The van der Waals surface area contributed by atoms with Crippen molar-refractivity contribution in [1.29, 1.82) is 0 Å². The maximum atomic E-state index is 13.0. The number of halogens is 3. The highest BCUT2D eigenvalue weighted by molar-refractivity contribution is 5.85. The maximum Gasteiger partial charge on any atom is 0.417 e. The molecule has 0 saturated heterocycles. The fourth-order valence-electron chi connectivity index (χ4n) is 2.20. The number of nitrogens with one attached hydrogen (secondary N) is 1. The summed E-state index contributed by atoms with van der Waals surface area (Å²) in [6.45, 7) is 1.93. The molecule has 5 nitrogen and oxygen atoms in total. The molecule has 0 aliphatic rings. The molecular formula is C17H18F3N3O2. The fraction of sp³-hybridized carbons (Fsp3) is 0.294. The summed E-state index contributed by atoms with van der Waals surface area (Å²) in [6, 6.07) is 7.48. The molecule has 0 atom stereocenters. The molecule has 1 N–H and O–H groups in total. The van der Waals surface area contributed by atoms with Crippen LogP contribution in [0.5, 0.6) is 0 Å². The molecule has 0 bridgehead atoms. The van der Waals surface area contributed by atoms with Gasteiger partial charge in [0.15, 0.2) is 0 Å². The van der Waals surface area contributed by atoms with Crippen LogP contribution >= 0.6 is 0 Å². The number of aromatic nitrogens is 1. The normalized spacial score (nSPS) is 11.1. The number of rotatable bonds is 4. The Bertz CT molecular complexity index is 744. The van der Waals surface area contributed by atoms with Crippen molar-refractivity contribution in [2.75, 3.05) is 30.9 Å². The molecule has 2 aromatic rings. The van der Waals surface area contributed by atoms with Gasteiger partial charge in [-0.25, -0.2) is 9.78 Å². The summed E-state index contributed by atoms with van der Waals surface area (Å²) in [4.78, 5) is 17.0. The van der Waals surface area contributed by atoms with Gasteiger partial charge >= 0.3 is 12.3 Å². The van der Waals surface area contributed by atoms with Gasteiger partial charge in [0.05, 0.1) is 12.2 Å². The lowest BCUT2D eigenvalue weighted by molar-refractivity contribution is -0.137. The highest BCUT2D eigenvalue weighted by Crippen LogP contribution is 2.35. The van der Waals surface area contributed by atoms with E-state index in [2.05, 4.69) is 10.3 Å². The van der Waals surface area contributed by atoms with Gasteiger partial charge in [0.1, 0.15) is 5.82 Å². The van der Waals surface area contributed by atoms with Crippen molar-refractivity contribution in [1.82, 2.24) is 4.98 Å². The summed E-state index contributed by atoms with van der Waals surface area (Å²) in [5, 5.41) is 2.53. The van der Waals surface area contributed by atoms with E-state index < -0.39 is 17.8 Å². The SMILES string of the molecule is CCOC(=O)Nc1ccc(-c2cc(C(F)(F)F)cnc2N(C)C)cc1. The van der Waals surface area contributed by atoms with Crippen LogP contribution in [0.25, 0.3) is 11.1 Å². The molecule has 0 spiro atoms. The fourth-order valence-corrected chi connectivity index (χ4v) is 2.20. The lowest BCUT2D eigenvalue weighted by atomic mass is 10.0. The first-order valence-corrected chi connectivity index (χ1v) is 7.51. The number of amides is 1. The highest BCUT2D eigenvalue weighted by atomic mass is 19.4. The molecule has 0 aliphatic carbocycles. The van der Waals surface area contributed by atoms with Gasteiger partial charge in [0.2, 0.25) is 0 Å². The number of hydrogen-bond donors (Lipinski definition) is 1. The van der Waals surface area contributed by atoms with Crippen molar-refractivity contribution < 1.29 is 22.7 Å². The molecule has 1 aromatic carbocycles. The molecule has 2 rings (SSSR count). The number of carbonyl (C=O) groups is 1. The molecular weight excluding hydrogens is 335 g/mol. The van der Waals surface area contributed by atoms with Crippen LogP contribution in [-0.2, 0) is 10.9 Å². The van der Waals surface area contributed by atoms with E-state index in [0.29, 0.717) is 22.6 Å². The summed E-state index contributed by atoms with van der Waals surface area (Å²) in [6.07, 6.45) is -4.25. The zero-order chi connectivity index (χ0) is 18.6. The van der Waals surface area contributed by atoms with Gasteiger partial charge in [0.25, 0.3) is 0 Å². The van der Waals surface area contributed by atoms with Crippen LogP contribution in [0.2, 0.25) is 0 Å². The lowest BCUT2D eigenvalue weighted by Gasteiger charge is -2.18. The number of carbonyl (C=O) groups excluding carboxylic acids is 1. The first kappa shape index (κ1) is 18.6. The highest BCUT2D eigenvalue weighted by Gasteiger charge is 2.32. The largest absolute Gasteiger partial charge is 0.450 e. The summed E-state index contributed by atoms with van der Waals surface area (Å²) in [5.41, 5.74) is 0.564. The minimum Gasteiger partial charge on any atom is -0.450 e. The van der Waals surface area contributed by atoms with Crippen LogP contribution in [0.1, 0.15) is 12.5 Å². The second kappa shape index (κ2) is 7.42. The van der Waals surface area contributed by atoms with Crippen molar-refractivity contribution in [2.24, 2.45) is 0 Å². The van der Waals surface area contributed by atoms with E-state index in [4.69, 9.17) is 4.74 Å². The van der Waals surface area contributed by atoms with Gasteiger partial charge in [-0.05, 0) is 30.7 Å². The zero-order valence-electron chi connectivity index (χ0n) is 14.0. The van der Waals surface area contributed by atoms with Gasteiger partial charge in [-0.3, -0.25) is 5.32 Å². The van der Waals surface area contributed by atoms with Crippen LogP contribution in [0.15, 0.2) is 36.5 Å². The molecule has 0 fully saturated rings. The first-order chi connectivity index (χ1) is 11.7. The van der Waals surface area contributed by atoms with Crippen molar-refractivity contribution >= 4 is 17.6 Å². The number of benzene rings is 1. The van der Waals surface area contributed by atoms with E-state index in [1.54, 1.807) is 50.2 Å². The molecule has 0 radical (unpaired) electrons. The monoisotopic (exact) mass is 353 g/mol. The average molecular weight is 353 g/mol. The molecule has 134 valence electrons. The van der Waals surface area contributed by atoms with Crippen LogP contribution in [0.3, 0.4) is 0 Å². The molecule has 0 aliphatic heterocycles. The number of alkyl halides is 3. The smallest absolute Gasteiger partial charge is 0.417 e. The minimum absolute atomic E-state index is 0.242. The van der Waals surface area contributed by atoms with Crippen LogP contribution < -0.4 is 10.2 Å². The lowest BCUT2D eigenvalue weighted by Crippen LogP contribution is -2.14. The van der Waals surface area contributed by atoms with E-state index in [-0.39, 0.29) is 6.61 Å². The Morgan fingerprint density at radius 2 is 1.88 bits per heavy atom. The Labute approximate surface area is 143 Å². The Morgan fingerprint density at radius 3 is 2.40 bits per heavy atom. The summed E-state index contributed by atoms with van der Waals surface area (Å²) in [5.74, 6) is 0.416. The summed E-state index contributed by atoms with van der Waals surface area (Å²) in [7, 11) is 3.41. The second-order valence-corrected chi connectivity index (χ2v) is 5.41. The van der Waals surface area contributed by atoms with Gasteiger partial charge < -0.3 is 9.64 Å². The Balaban J connectivity index is 2.37. The third kappa shape index (κ3) is 4.62. The Kier molecular flexibility index (Phi) is 5.51. The number of ether oxygens (including phenoxy) is 1. The van der Waals surface area contributed by atoms with Gasteiger partial charge in [0, 0.05) is 31.5 Å². The topological polar surface area (TPSA) is 54.5 Å². The average Bonchev–Trinajstić information content (AvgIpc) is 2.54. The van der Waals surface area contributed by atoms with Gasteiger partial charge in [-0.2, -0.15) is 13.2 Å². The quantitative estimate of drug-likeness (QED) is 0.885. The summed E-state index contributed by atoms with van der Waals surface area (Å²) < 4.78 is 43.7. The van der Waals surface area contributed by atoms with Gasteiger partial charge in [-0.15, -0.1) is 0 Å². The van der Waals surface area contributed by atoms with E-state index in [1.807, 2.05) is 0 Å². The van der Waals surface area contributed by atoms with E-state index in [9.17, 15) is 18.0 Å². The Morgan fingerprint density at radius 1 is 1.24 bits per heavy atom. The van der Waals surface area contributed by atoms with Crippen LogP contribution in [0, 0.1) is 0 Å². The molecule has 0 saturated carbocycles. The standard InChI is InChI=1S/C17H18F3N3O2/c1-4-25-16(24)22-13-7-5-11(6-8-13)14-9-12(17(18,19)20)10-21-15(14)23(2)3/h5-10H,4H2,1-3H3,(H,22,24). The third-order valence-electron chi connectivity index (χ3n) is 3.34. The number of nitrogens with zero attached hydrogens (tertiary/aromatic N) is 2. The molecule has 8 heteroatoms.